The summed E-state index contributed by atoms with van der Waals surface area (Å²) in [7, 11) is 0. The van der Waals surface area contributed by atoms with E-state index < -0.39 is 6.04 Å². The molecule has 4 heteroatoms. The first-order valence-corrected chi connectivity index (χ1v) is 8.19. The highest BCUT2D eigenvalue weighted by atomic mass is 16.2. The van der Waals surface area contributed by atoms with Crippen LogP contribution in [0.5, 0.6) is 0 Å². The van der Waals surface area contributed by atoms with E-state index in [9.17, 15) is 4.79 Å². The van der Waals surface area contributed by atoms with Crippen LogP contribution in [0.2, 0.25) is 0 Å². The number of carbonyl (C=O) groups excluding carboxylic acids is 1. The fourth-order valence-corrected chi connectivity index (χ4v) is 2.79. The van der Waals surface area contributed by atoms with E-state index in [4.69, 9.17) is 5.73 Å². The normalized spacial score (nSPS) is 18.1. The average molecular weight is 303 g/mol. The maximum absolute atomic E-state index is 11.6. The lowest BCUT2D eigenvalue weighted by molar-refractivity contribution is -0.122. The summed E-state index contributed by atoms with van der Waals surface area (Å²) >= 11 is 0. The van der Waals surface area contributed by atoms with E-state index in [1.807, 2.05) is 0 Å². The van der Waals surface area contributed by atoms with Crippen LogP contribution in [0.25, 0.3) is 0 Å². The number of rotatable bonds is 3. The summed E-state index contributed by atoms with van der Waals surface area (Å²) in [5.74, 6) is -0.0482. The molecule has 0 aromatic heterocycles. The Morgan fingerprint density at radius 1 is 1.23 bits per heavy atom. The van der Waals surface area contributed by atoms with E-state index in [1.54, 1.807) is 6.92 Å². The molecule has 2 rings (SSSR count). The highest BCUT2D eigenvalue weighted by molar-refractivity contribution is 5.81. The Morgan fingerprint density at radius 3 is 2.23 bits per heavy atom. The third-order valence-corrected chi connectivity index (χ3v) is 4.35. The second-order valence-electron chi connectivity index (χ2n) is 7.36. The number of anilines is 1. The number of piperidine rings is 1. The predicted molar refractivity (Wildman–Crippen MR) is 92.2 cm³/mol. The molecular formula is C18H29N3O. The van der Waals surface area contributed by atoms with Gasteiger partial charge in [-0.05, 0) is 42.9 Å². The maximum atomic E-state index is 11.6. The van der Waals surface area contributed by atoms with Crippen molar-refractivity contribution in [3.8, 4) is 0 Å². The largest absolute Gasteiger partial charge is 0.371 e. The van der Waals surface area contributed by atoms with Crippen molar-refractivity contribution in [1.82, 2.24) is 5.32 Å². The van der Waals surface area contributed by atoms with Crippen molar-refractivity contribution in [2.45, 2.75) is 58.0 Å². The number of hydrogen-bond acceptors (Lipinski definition) is 3. The van der Waals surface area contributed by atoms with Crippen molar-refractivity contribution in [1.29, 1.82) is 0 Å². The van der Waals surface area contributed by atoms with Gasteiger partial charge in [-0.3, -0.25) is 4.79 Å². The van der Waals surface area contributed by atoms with Crippen molar-refractivity contribution in [2.75, 3.05) is 18.0 Å². The number of nitrogens with one attached hydrogen (secondary N) is 1. The summed E-state index contributed by atoms with van der Waals surface area (Å²) < 4.78 is 0. The minimum Gasteiger partial charge on any atom is -0.371 e. The van der Waals surface area contributed by atoms with Crippen LogP contribution in [0.3, 0.4) is 0 Å². The van der Waals surface area contributed by atoms with Crippen LogP contribution in [0, 0.1) is 0 Å². The fraction of sp³-hybridized carbons (Fsp3) is 0.611. The van der Waals surface area contributed by atoms with Gasteiger partial charge >= 0.3 is 0 Å². The standard InChI is InChI=1S/C18H29N3O/c1-13(19)17(22)20-15-9-11-21(12-10-15)16-7-5-14(6-8-16)18(2,3)4/h5-8,13,15H,9-12,19H2,1-4H3,(H,20,22). The van der Waals surface area contributed by atoms with Gasteiger partial charge in [0.05, 0.1) is 6.04 Å². The molecular weight excluding hydrogens is 274 g/mol. The molecule has 1 amide bonds. The van der Waals surface area contributed by atoms with Crippen LogP contribution in [-0.2, 0) is 10.2 Å². The minimum atomic E-state index is -0.428. The van der Waals surface area contributed by atoms with Gasteiger partial charge in [0.25, 0.3) is 0 Å². The summed E-state index contributed by atoms with van der Waals surface area (Å²) in [6.07, 6.45) is 1.94. The lowest BCUT2D eigenvalue weighted by Crippen LogP contribution is -2.48. The molecule has 1 aromatic carbocycles. The molecule has 0 spiro atoms. The molecule has 1 aliphatic rings. The van der Waals surface area contributed by atoms with Gasteiger partial charge in [0.1, 0.15) is 0 Å². The first kappa shape index (κ1) is 16.8. The molecule has 0 saturated carbocycles. The van der Waals surface area contributed by atoms with Gasteiger partial charge in [-0.2, -0.15) is 0 Å². The van der Waals surface area contributed by atoms with E-state index in [2.05, 4.69) is 55.3 Å². The molecule has 1 atom stereocenters. The van der Waals surface area contributed by atoms with Gasteiger partial charge in [-0.15, -0.1) is 0 Å². The molecule has 1 unspecified atom stereocenters. The average Bonchev–Trinajstić information content (AvgIpc) is 2.47. The van der Waals surface area contributed by atoms with E-state index >= 15 is 0 Å². The third-order valence-electron chi connectivity index (χ3n) is 4.35. The molecule has 0 aliphatic carbocycles. The predicted octanol–water partition coefficient (Wildman–Crippen LogP) is 2.42. The van der Waals surface area contributed by atoms with Gasteiger partial charge in [0.2, 0.25) is 5.91 Å². The Bertz CT molecular complexity index is 494. The van der Waals surface area contributed by atoms with Crippen LogP contribution in [0.15, 0.2) is 24.3 Å². The lowest BCUT2D eigenvalue weighted by Gasteiger charge is -2.34. The van der Waals surface area contributed by atoms with Crippen LogP contribution < -0.4 is 16.0 Å². The van der Waals surface area contributed by atoms with Gasteiger partial charge in [-0.1, -0.05) is 32.9 Å². The van der Waals surface area contributed by atoms with Crippen molar-refractivity contribution in [2.24, 2.45) is 5.73 Å². The number of benzene rings is 1. The molecule has 0 bridgehead atoms. The highest BCUT2D eigenvalue weighted by Crippen LogP contribution is 2.26. The molecule has 1 saturated heterocycles. The Kier molecular flexibility index (Phi) is 5.12. The first-order chi connectivity index (χ1) is 10.3. The molecule has 4 nitrogen and oxygen atoms in total. The van der Waals surface area contributed by atoms with E-state index in [1.165, 1.54) is 11.3 Å². The summed E-state index contributed by atoms with van der Waals surface area (Å²) in [6.45, 7) is 10.4. The zero-order valence-electron chi connectivity index (χ0n) is 14.2. The molecule has 1 heterocycles. The Morgan fingerprint density at radius 2 is 1.77 bits per heavy atom. The van der Waals surface area contributed by atoms with E-state index in [0.717, 1.165) is 25.9 Å². The van der Waals surface area contributed by atoms with Gasteiger partial charge in [0.15, 0.2) is 0 Å². The summed E-state index contributed by atoms with van der Waals surface area (Å²) in [6, 6.07) is 8.69. The van der Waals surface area contributed by atoms with Crippen LogP contribution >= 0.6 is 0 Å². The van der Waals surface area contributed by atoms with Gasteiger partial charge < -0.3 is 16.0 Å². The van der Waals surface area contributed by atoms with Crippen molar-refractivity contribution < 1.29 is 4.79 Å². The summed E-state index contributed by atoms with van der Waals surface area (Å²) in [4.78, 5) is 14.0. The second kappa shape index (κ2) is 6.69. The minimum absolute atomic E-state index is 0.0482. The highest BCUT2D eigenvalue weighted by Gasteiger charge is 2.22. The maximum Gasteiger partial charge on any atom is 0.236 e. The third kappa shape index (κ3) is 4.23. The summed E-state index contributed by atoms with van der Waals surface area (Å²) in [5.41, 5.74) is 8.41. The quantitative estimate of drug-likeness (QED) is 0.901. The summed E-state index contributed by atoms with van der Waals surface area (Å²) in [5, 5.41) is 3.03. The SMILES string of the molecule is CC(N)C(=O)NC1CCN(c2ccc(C(C)(C)C)cc2)CC1. The number of nitrogens with two attached hydrogens (primary N) is 1. The van der Waals surface area contributed by atoms with Crippen molar-refractivity contribution in [3.63, 3.8) is 0 Å². The Labute approximate surface area is 134 Å². The Balaban J connectivity index is 1.90. The van der Waals surface area contributed by atoms with E-state index in [0.29, 0.717) is 0 Å². The monoisotopic (exact) mass is 303 g/mol. The number of hydrogen-bond donors (Lipinski definition) is 2. The number of amides is 1. The molecule has 1 fully saturated rings. The van der Waals surface area contributed by atoms with Gasteiger partial charge in [-0.25, -0.2) is 0 Å². The molecule has 0 radical (unpaired) electrons. The number of nitrogens with zero attached hydrogens (tertiary/aromatic N) is 1. The molecule has 1 aromatic rings. The van der Waals surface area contributed by atoms with Crippen molar-refractivity contribution in [3.05, 3.63) is 29.8 Å². The zero-order chi connectivity index (χ0) is 16.3. The number of carbonyl (C=O) groups is 1. The molecule has 22 heavy (non-hydrogen) atoms. The first-order valence-electron chi connectivity index (χ1n) is 8.19. The second-order valence-corrected chi connectivity index (χ2v) is 7.36. The fourth-order valence-electron chi connectivity index (χ4n) is 2.79. The zero-order valence-corrected chi connectivity index (χ0v) is 14.2. The molecule has 1 aliphatic heterocycles. The van der Waals surface area contributed by atoms with Crippen molar-refractivity contribution >= 4 is 11.6 Å². The smallest absolute Gasteiger partial charge is 0.236 e. The Hall–Kier alpha value is -1.55. The van der Waals surface area contributed by atoms with Crippen LogP contribution in [0.4, 0.5) is 5.69 Å². The van der Waals surface area contributed by atoms with E-state index in [-0.39, 0.29) is 17.4 Å². The molecule has 122 valence electrons. The lowest BCUT2D eigenvalue weighted by atomic mass is 9.87. The van der Waals surface area contributed by atoms with Crippen LogP contribution in [-0.4, -0.2) is 31.1 Å². The van der Waals surface area contributed by atoms with Gasteiger partial charge in [0, 0.05) is 24.8 Å². The topological polar surface area (TPSA) is 58.4 Å². The molecule has 3 N–H and O–H groups in total. The van der Waals surface area contributed by atoms with Crippen LogP contribution in [0.1, 0.15) is 46.1 Å².